The first kappa shape index (κ1) is 13.0. The van der Waals surface area contributed by atoms with Crippen LogP contribution in [0, 0.1) is 6.92 Å². The lowest BCUT2D eigenvalue weighted by molar-refractivity contribution is 0.0683. The van der Waals surface area contributed by atoms with Crippen molar-refractivity contribution in [1.82, 2.24) is 9.97 Å². The van der Waals surface area contributed by atoms with Crippen LogP contribution in [0.1, 0.15) is 23.2 Å². The van der Waals surface area contributed by atoms with Gasteiger partial charge in [-0.3, -0.25) is 0 Å². The average molecular weight is 258 g/mol. The van der Waals surface area contributed by atoms with Gasteiger partial charge in [0.25, 0.3) is 0 Å². The molecule has 2 rings (SSSR count). The van der Waals surface area contributed by atoms with Crippen molar-refractivity contribution in [3.63, 3.8) is 0 Å². The van der Waals surface area contributed by atoms with Crippen molar-refractivity contribution >= 4 is 5.97 Å². The molecule has 1 aromatic heterocycles. The molecular formula is C14H14N2O3. The van der Waals surface area contributed by atoms with E-state index >= 15 is 0 Å². The summed E-state index contributed by atoms with van der Waals surface area (Å²) in [6.07, 6.45) is 0. The summed E-state index contributed by atoms with van der Waals surface area (Å²) in [4.78, 5) is 18.8. The molecule has 0 fully saturated rings. The van der Waals surface area contributed by atoms with Crippen molar-refractivity contribution in [1.29, 1.82) is 0 Å². The zero-order chi connectivity index (χ0) is 13.8. The highest BCUT2D eigenvalue weighted by Crippen LogP contribution is 2.21. The maximum Gasteiger partial charge on any atom is 0.373 e. The molecular weight excluding hydrogens is 244 g/mol. The fourth-order valence-electron chi connectivity index (χ4n) is 1.70. The number of hydrogen-bond donors (Lipinski definition) is 1. The third kappa shape index (κ3) is 3.07. The second-order valence-corrected chi connectivity index (χ2v) is 3.98. The highest BCUT2D eigenvalue weighted by atomic mass is 16.5. The maximum absolute atomic E-state index is 10.9. The Labute approximate surface area is 110 Å². The lowest BCUT2D eigenvalue weighted by Crippen LogP contribution is -2.06. The van der Waals surface area contributed by atoms with Crippen LogP contribution >= 0.6 is 0 Å². The standard InChI is InChI=1S/C14H14N2O3/c1-3-19-11-6-4-10(5-7-11)12-8-9(2)15-13(16-12)14(17)18/h4-8H,3H2,1-2H3,(H,17,18). The molecule has 0 aliphatic heterocycles. The van der Waals surface area contributed by atoms with Gasteiger partial charge in [0.05, 0.1) is 12.3 Å². The molecule has 0 amide bonds. The van der Waals surface area contributed by atoms with Gasteiger partial charge in [0.15, 0.2) is 0 Å². The van der Waals surface area contributed by atoms with Gasteiger partial charge in [-0.2, -0.15) is 0 Å². The highest BCUT2D eigenvalue weighted by Gasteiger charge is 2.10. The van der Waals surface area contributed by atoms with E-state index in [-0.39, 0.29) is 5.82 Å². The van der Waals surface area contributed by atoms with Crippen molar-refractivity contribution in [3.05, 3.63) is 41.9 Å². The summed E-state index contributed by atoms with van der Waals surface area (Å²) in [6, 6.07) is 9.10. The molecule has 0 saturated heterocycles. The molecule has 19 heavy (non-hydrogen) atoms. The maximum atomic E-state index is 10.9. The molecule has 0 spiro atoms. The summed E-state index contributed by atoms with van der Waals surface area (Å²) < 4.78 is 5.36. The summed E-state index contributed by atoms with van der Waals surface area (Å²) in [5.41, 5.74) is 2.04. The van der Waals surface area contributed by atoms with Crippen LogP contribution in [-0.4, -0.2) is 27.7 Å². The molecule has 2 aromatic rings. The molecule has 1 N–H and O–H groups in total. The smallest absolute Gasteiger partial charge is 0.373 e. The molecule has 0 aliphatic carbocycles. The molecule has 5 nitrogen and oxygen atoms in total. The van der Waals surface area contributed by atoms with Crippen LogP contribution < -0.4 is 4.74 Å². The Morgan fingerprint density at radius 2 is 1.95 bits per heavy atom. The fourth-order valence-corrected chi connectivity index (χ4v) is 1.70. The number of aromatic nitrogens is 2. The quantitative estimate of drug-likeness (QED) is 0.912. The Morgan fingerprint density at radius 1 is 1.26 bits per heavy atom. The number of rotatable bonds is 4. The first-order chi connectivity index (χ1) is 9.10. The predicted octanol–water partition coefficient (Wildman–Crippen LogP) is 2.55. The third-order valence-electron chi connectivity index (χ3n) is 2.51. The van der Waals surface area contributed by atoms with Crippen molar-refractivity contribution in [2.24, 2.45) is 0 Å². The number of carboxylic acid groups (broad SMARTS) is 1. The van der Waals surface area contributed by atoms with E-state index in [1.54, 1.807) is 13.0 Å². The highest BCUT2D eigenvalue weighted by molar-refractivity contribution is 5.84. The average Bonchev–Trinajstić information content (AvgIpc) is 2.39. The molecule has 0 atom stereocenters. The van der Waals surface area contributed by atoms with Crippen LogP contribution in [0.4, 0.5) is 0 Å². The van der Waals surface area contributed by atoms with Gasteiger partial charge in [0, 0.05) is 11.3 Å². The van der Waals surface area contributed by atoms with Crippen LogP contribution in [0.25, 0.3) is 11.3 Å². The minimum atomic E-state index is -1.13. The largest absolute Gasteiger partial charge is 0.494 e. The molecule has 0 saturated carbocycles. The van der Waals surface area contributed by atoms with E-state index in [0.717, 1.165) is 11.3 Å². The van der Waals surface area contributed by atoms with Gasteiger partial charge in [-0.15, -0.1) is 0 Å². The first-order valence-electron chi connectivity index (χ1n) is 5.92. The number of aromatic carboxylic acids is 1. The van der Waals surface area contributed by atoms with Gasteiger partial charge in [-0.1, -0.05) is 0 Å². The molecule has 98 valence electrons. The minimum absolute atomic E-state index is 0.191. The lowest BCUT2D eigenvalue weighted by Gasteiger charge is -2.06. The normalized spacial score (nSPS) is 10.2. The van der Waals surface area contributed by atoms with Gasteiger partial charge < -0.3 is 9.84 Å². The van der Waals surface area contributed by atoms with Crippen LogP contribution in [0.5, 0.6) is 5.75 Å². The molecule has 0 bridgehead atoms. The van der Waals surface area contributed by atoms with E-state index in [4.69, 9.17) is 9.84 Å². The Balaban J connectivity index is 2.38. The van der Waals surface area contributed by atoms with Crippen molar-refractivity contribution in [2.75, 3.05) is 6.61 Å². The zero-order valence-corrected chi connectivity index (χ0v) is 10.8. The number of hydrogen-bond acceptors (Lipinski definition) is 4. The first-order valence-corrected chi connectivity index (χ1v) is 5.92. The zero-order valence-electron chi connectivity index (χ0n) is 10.8. The fraction of sp³-hybridized carbons (Fsp3) is 0.214. The van der Waals surface area contributed by atoms with Crippen molar-refractivity contribution < 1.29 is 14.6 Å². The second-order valence-electron chi connectivity index (χ2n) is 3.98. The number of ether oxygens (including phenoxy) is 1. The molecule has 5 heteroatoms. The van der Waals surface area contributed by atoms with E-state index in [1.165, 1.54) is 0 Å². The van der Waals surface area contributed by atoms with E-state index in [1.807, 2.05) is 31.2 Å². The van der Waals surface area contributed by atoms with E-state index in [2.05, 4.69) is 9.97 Å². The van der Waals surface area contributed by atoms with Gasteiger partial charge >= 0.3 is 5.97 Å². The summed E-state index contributed by atoms with van der Waals surface area (Å²) in [7, 11) is 0. The molecule has 1 aromatic carbocycles. The van der Waals surface area contributed by atoms with E-state index in [9.17, 15) is 4.79 Å². The second kappa shape index (κ2) is 5.48. The Hall–Kier alpha value is -2.43. The molecule has 1 heterocycles. The lowest BCUT2D eigenvalue weighted by atomic mass is 10.1. The van der Waals surface area contributed by atoms with Gasteiger partial charge in [-0.25, -0.2) is 14.8 Å². The van der Waals surface area contributed by atoms with Gasteiger partial charge in [0.1, 0.15) is 5.75 Å². The Kier molecular flexibility index (Phi) is 3.75. The van der Waals surface area contributed by atoms with Crippen molar-refractivity contribution in [2.45, 2.75) is 13.8 Å². The van der Waals surface area contributed by atoms with Gasteiger partial charge in [-0.05, 0) is 44.2 Å². The van der Waals surface area contributed by atoms with Crippen LogP contribution in [-0.2, 0) is 0 Å². The third-order valence-corrected chi connectivity index (χ3v) is 2.51. The Bertz CT molecular complexity index is 594. The number of benzene rings is 1. The number of aryl methyl sites for hydroxylation is 1. The van der Waals surface area contributed by atoms with Crippen molar-refractivity contribution in [3.8, 4) is 17.0 Å². The summed E-state index contributed by atoms with van der Waals surface area (Å²) in [6.45, 7) is 4.27. The number of carbonyl (C=O) groups is 1. The summed E-state index contributed by atoms with van der Waals surface area (Å²) >= 11 is 0. The molecule has 0 radical (unpaired) electrons. The predicted molar refractivity (Wildman–Crippen MR) is 70.3 cm³/mol. The summed E-state index contributed by atoms with van der Waals surface area (Å²) in [5.74, 6) is -0.546. The number of nitrogens with zero attached hydrogens (tertiary/aromatic N) is 2. The SMILES string of the molecule is CCOc1ccc(-c2cc(C)nc(C(=O)O)n2)cc1. The number of carboxylic acids is 1. The monoisotopic (exact) mass is 258 g/mol. The van der Waals surface area contributed by atoms with Gasteiger partial charge in [0.2, 0.25) is 5.82 Å². The molecule has 0 aliphatic rings. The Morgan fingerprint density at radius 3 is 2.53 bits per heavy atom. The minimum Gasteiger partial charge on any atom is -0.494 e. The van der Waals surface area contributed by atoms with Crippen LogP contribution in [0.15, 0.2) is 30.3 Å². The molecule has 0 unspecified atom stereocenters. The van der Waals surface area contributed by atoms with Crippen LogP contribution in [0.2, 0.25) is 0 Å². The van der Waals surface area contributed by atoms with Crippen LogP contribution in [0.3, 0.4) is 0 Å². The topological polar surface area (TPSA) is 72.3 Å². The van der Waals surface area contributed by atoms with E-state index < -0.39 is 5.97 Å². The van der Waals surface area contributed by atoms with E-state index in [0.29, 0.717) is 18.0 Å². The summed E-state index contributed by atoms with van der Waals surface area (Å²) in [5, 5.41) is 8.95.